The Balaban J connectivity index is 2.41. The number of carbonyl (C=O) groups is 1. The number of amides is 1. The van der Waals surface area contributed by atoms with Crippen molar-refractivity contribution in [1.82, 2.24) is 15.3 Å². The van der Waals surface area contributed by atoms with Crippen molar-refractivity contribution in [3.8, 4) is 0 Å². The topological polar surface area (TPSA) is 84.1 Å². The summed E-state index contributed by atoms with van der Waals surface area (Å²) in [6, 6.07) is 1.58. The van der Waals surface area contributed by atoms with Crippen LogP contribution in [0, 0.1) is 0 Å². The van der Waals surface area contributed by atoms with E-state index in [0.717, 1.165) is 12.1 Å². The van der Waals surface area contributed by atoms with Crippen LogP contribution in [0.1, 0.15) is 39.8 Å². The van der Waals surface area contributed by atoms with Crippen molar-refractivity contribution >= 4 is 17.7 Å². The summed E-state index contributed by atoms with van der Waals surface area (Å²) in [5.41, 5.74) is 6.69. The molecule has 0 radical (unpaired) electrons. The van der Waals surface area contributed by atoms with Crippen LogP contribution in [0.4, 0.5) is 11.8 Å². The van der Waals surface area contributed by atoms with Gasteiger partial charge in [-0.2, -0.15) is 4.98 Å². The fourth-order valence-electron chi connectivity index (χ4n) is 2.33. The second-order valence-electron chi connectivity index (χ2n) is 6.14. The fraction of sp³-hybridized carbons (Fsp3) is 0.643. The molecule has 1 fully saturated rings. The summed E-state index contributed by atoms with van der Waals surface area (Å²) >= 11 is 0. The van der Waals surface area contributed by atoms with Crippen LogP contribution in [0.3, 0.4) is 0 Å². The molecule has 2 heterocycles. The molecule has 1 aromatic rings. The first kappa shape index (κ1) is 14.6. The van der Waals surface area contributed by atoms with Crippen molar-refractivity contribution in [2.75, 3.05) is 23.7 Å². The van der Waals surface area contributed by atoms with Crippen LogP contribution >= 0.6 is 0 Å². The Morgan fingerprint density at radius 1 is 1.45 bits per heavy atom. The van der Waals surface area contributed by atoms with Gasteiger partial charge in [0.25, 0.3) is 0 Å². The summed E-state index contributed by atoms with van der Waals surface area (Å²) in [5, 5.41) is 2.87. The molecule has 1 aromatic heterocycles. The monoisotopic (exact) mass is 277 g/mol. The number of piperazine rings is 1. The lowest BCUT2D eigenvalue weighted by Gasteiger charge is -2.35. The minimum Gasteiger partial charge on any atom is -0.384 e. The Morgan fingerprint density at radius 3 is 2.75 bits per heavy atom. The number of nitrogens with zero attached hydrogens (tertiary/aromatic N) is 3. The van der Waals surface area contributed by atoms with E-state index in [0.29, 0.717) is 24.9 Å². The van der Waals surface area contributed by atoms with Crippen LogP contribution in [0.2, 0.25) is 0 Å². The molecule has 0 aliphatic carbocycles. The summed E-state index contributed by atoms with van der Waals surface area (Å²) in [6.45, 7) is 9.55. The highest BCUT2D eigenvalue weighted by atomic mass is 16.2. The smallest absolute Gasteiger partial charge is 0.242 e. The second-order valence-corrected chi connectivity index (χ2v) is 6.14. The highest BCUT2D eigenvalue weighted by Crippen LogP contribution is 2.25. The number of aromatic nitrogens is 2. The summed E-state index contributed by atoms with van der Waals surface area (Å²) in [7, 11) is 0. The third-order valence-electron chi connectivity index (χ3n) is 3.48. The molecule has 2 rings (SSSR count). The Morgan fingerprint density at radius 2 is 2.15 bits per heavy atom. The standard InChI is InChI=1S/C14H23N5O/c1-5-9-12(20)16-6-7-19(9)13-17-10(14(2,3)4)8-11(15)18-13/h8-9H,5-7H2,1-4H3,(H,16,20)(H2,15,17,18). The van der Waals surface area contributed by atoms with E-state index in [1.807, 2.05) is 11.8 Å². The van der Waals surface area contributed by atoms with Gasteiger partial charge in [0, 0.05) is 24.6 Å². The maximum atomic E-state index is 11.9. The minimum absolute atomic E-state index is 0.0297. The lowest BCUT2D eigenvalue weighted by Crippen LogP contribution is -2.55. The first-order valence-electron chi connectivity index (χ1n) is 7.02. The van der Waals surface area contributed by atoms with Crippen LogP contribution < -0.4 is 16.0 Å². The van der Waals surface area contributed by atoms with Gasteiger partial charge in [0.1, 0.15) is 11.9 Å². The van der Waals surface area contributed by atoms with E-state index in [1.165, 1.54) is 0 Å². The fourth-order valence-corrected chi connectivity index (χ4v) is 2.33. The average molecular weight is 277 g/mol. The van der Waals surface area contributed by atoms with Gasteiger partial charge in [-0.15, -0.1) is 0 Å². The van der Waals surface area contributed by atoms with Gasteiger partial charge < -0.3 is 16.0 Å². The number of hydrogen-bond donors (Lipinski definition) is 2. The number of anilines is 2. The van der Waals surface area contributed by atoms with Gasteiger partial charge in [-0.05, 0) is 6.42 Å². The van der Waals surface area contributed by atoms with Crippen LogP contribution in [0.5, 0.6) is 0 Å². The highest BCUT2D eigenvalue weighted by molar-refractivity contribution is 5.85. The molecule has 0 bridgehead atoms. The Labute approximate surface area is 119 Å². The van der Waals surface area contributed by atoms with Crippen LogP contribution in [0.15, 0.2) is 6.07 Å². The third-order valence-corrected chi connectivity index (χ3v) is 3.48. The molecule has 3 N–H and O–H groups in total. The van der Waals surface area contributed by atoms with Gasteiger partial charge in [0.15, 0.2) is 0 Å². The molecular weight excluding hydrogens is 254 g/mol. The molecule has 1 atom stereocenters. The van der Waals surface area contributed by atoms with Crippen molar-refractivity contribution in [2.45, 2.75) is 45.6 Å². The van der Waals surface area contributed by atoms with Gasteiger partial charge in [0.05, 0.1) is 5.69 Å². The van der Waals surface area contributed by atoms with Crippen molar-refractivity contribution in [1.29, 1.82) is 0 Å². The van der Waals surface area contributed by atoms with Gasteiger partial charge in [-0.3, -0.25) is 4.79 Å². The molecular formula is C14H23N5O. The molecule has 0 saturated carbocycles. The Bertz CT molecular complexity index is 509. The van der Waals surface area contributed by atoms with E-state index in [1.54, 1.807) is 6.07 Å². The second kappa shape index (κ2) is 5.26. The van der Waals surface area contributed by atoms with Crippen molar-refractivity contribution in [3.05, 3.63) is 11.8 Å². The van der Waals surface area contributed by atoms with E-state index >= 15 is 0 Å². The predicted octanol–water partition coefficient (Wildman–Crippen LogP) is 1.07. The number of nitrogen functional groups attached to an aromatic ring is 1. The predicted molar refractivity (Wildman–Crippen MR) is 79.6 cm³/mol. The zero-order valence-electron chi connectivity index (χ0n) is 12.6. The number of carbonyl (C=O) groups excluding carboxylic acids is 1. The summed E-state index contributed by atoms with van der Waals surface area (Å²) in [5.74, 6) is 1.03. The number of nitrogens with two attached hydrogens (primary N) is 1. The normalized spacial score (nSPS) is 19.9. The van der Waals surface area contributed by atoms with E-state index in [9.17, 15) is 4.79 Å². The number of nitrogens with one attached hydrogen (secondary N) is 1. The molecule has 1 aliphatic heterocycles. The largest absolute Gasteiger partial charge is 0.384 e. The quantitative estimate of drug-likeness (QED) is 0.845. The molecule has 6 heteroatoms. The number of rotatable bonds is 2. The van der Waals surface area contributed by atoms with E-state index in [2.05, 4.69) is 36.1 Å². The third kappa shape index (κ3) is 2.84. The van der Waals surface area contributed by atoms with Gasteiger partial charge in [0.2, 0.25) is 11.9 Å². The average Bonchev–Trinajstić information content (AvgIpc) is 2.36. The highest BCUT2D eigenvalue weighted by Gasteiger charge is 2.31. The molecule has 1 amide bonds. The molecule has 1 saturated heterocycles. The van der Waals surface area contributed by atoms with Gasteiger partial charge in [-0.1, -0.05) is 27.7 Å². The Hall–Kier alpha value is -1.85. The molecule has 110 valence electrons. The molecule has 0 spiro atoms. The van der Waals surface area contributed by atoms with Crippen molar-refractivity contribution < 1.29 is 4.79 Å². The van der Waals surface area contributed by atoms with E-state index in [4.69, 9.17) is 5.73 Å². The van der Waals surface area contributed by atoms with Crippen LogP contribution in [-0.2, 0) is 10.2 Å². The summed E-state index contributed by atoms with van der Waals surface area (Å²) in [4.78, 5) is 22.8. The zero-order valence-corrected chi connectivity index (χ0v) is 12.6. The van der Waals surface area contributed by atoms with Crippen molar-refractivity contribution in [3.63, 3.8) is 0 Å². The van der Waals surface area contributed by atoms with Crippen LogP contribution in [-0.4, -0.2) is 35.0 Å². The SMILES string of the molecule is CCC1C(=O)NCCN1c1nc(N)cc(C(C)(C)C)n1. The van der Waals surface area contributed by atoms with Crippen molar-refractivity contribution in [2.24, 2.45) is 0 Å². The van der Waals surface area contributed by atoms with E-state index < -0.39 is 0 Å². The Kier molecular flexibility index (Phi) is 3.83. The molecule has 6 nitrogen and oxygen atoms in total. The van der Waals surface area contributed by atoms with Crippen LogP contribution in [0.25, 0.3) is 0 Å². The van der Waals surface area contributed by atoms with Gasteiger partial charge in [-0.25, -0.2) is 4.98 Å². The molecule has 1 aliphatic rings. The molecule has 20 heavy (non-hydrogen) atoms. The molecule has 1 unspecified atom stereocenters. The molecule has 0 aromatic carbocycles. The zero-order chi connectivity index (χ0) is 14.9. The van der Waals surface area contributed by atoms with Gasteiger partial charge >= 0.3 is 0 Å². The van der Waals surface area contributed by atoms with E-state index in [-0.39, 0.29) is 17.4 Å². The number of hydrogen-bond acceptors (Lipinski definition) is 5. The summed E-state index contributed by atoms with van der Waals surface area (Å²) in [6.07, 6.45) is 0.717. The lowest BCUT2D eigenvalue weighted by molar-refractivity contribution is -0.123. The summed E-state index contributed by atoms with van der Waals surface area (Å²) < 4.78 is 0. The minimum atomic E-state index is -0.224. The maximum Gasteiger partial charge on any atom is 0.242 e. The first-order valence-corrected chi connectivity index (χ1v) is 7.02. The lowest BCUT2D eigenvalue weighted by atomic mass is 9.92. The maximum absolute atomic E-state index is 11.9. The first-order chi connectivity index (χ1) is 9.32.